The molecule has 3 atom stereocenters. The highest BCUT2D eigenvalue weighted by molar-refractivity contribution is 5.91. The summed E-state index contributed by atoms with van der Waals surface area (Å²) in [5.41, 5.74) is 1.59. The molecule has 0 aliphatic heterocycles. The largest absolute Gasteiger partial charge is 0.369 e. The first-order chi connectivity index (χ1) is 9.21. The molecule has 3 heteroatoms. The lowest BCUT2D eigenvalue weighted by atomic mass is 9.62. The van der Waals surface area contributed by atoms with Crippen LogP contribution < -0.4 is 0 Å². The van der Waals surface area contributed by atoms with Crippen LogP contribution in [-0.2, 0) is 26.3 Å². The molecule has 0 unspecified atom stereocenters. The first-order valence-electron chi connectivity index (χ1n) is 6.52. The molecule has 0 saturated carbocycles. The van der Waals surface area contributed by atoms with Gasteiger partial charge in [-0.15, -0.1) is 0 Å². The Bertz CT molecular complexity index is 561. The molecule has 0 heterocycles. The minimum atomic E-state index is -0.631. The first-order valence-corrected chi connectivity index (χ1v) is 6.52. The minimum Gasteiger partial charge on any atom is -0.369 e. The standard InChI is InChI=1S/C16H16O3/c1-19-16-7-6-13(18)9-15(16)12(10-17)8-11-4-2-3-5-14(11)16/h2-7,10,12,15H,8-9H2,1H3/t12-,15+,16+/m1/s1. The average molecular weight is 256 g/mol. The Morgan fingerprint density at radius 2 is 2.11 bits per heavy atom. The van der Waals surface area contributed by atoms with E-state index >= 15 is 0 Å². The number of carbonyl (C=O) groups is 2. The predicted molar refractivity (Wildman–Crippen MR) is 70.6 cm³/mol. The number of fused-ring (bicyclic) bond motifs is 3. The van der Waals surface area contributed by atoms with Gasteiger partial charge in [0.05, 0.1) is 0 Å². The van der Waals surface area contributed by atoms with Gasteiger partial charge < -0.3 is 9.53 Å². The van der Waals surface area contributed by atoms with Gasteiger partial charge in [-0.05, 0) is 29.7 Å². The SMILES string of the molecule is CO[C@]12C=CC(=O)C[C@H]1[C@@H](C=O)Cc1ccccc12. The van der Waals surface area contributed by atoms with Gasteiger partial charge in [-0.3, -0.25) is 4.79 Å². The van der Waals surface area contributed by atoms with Crippen LogP contribution in [0.3, 0.4) is 0 Å². The van der Waals surface area contributed by atoms with Gasteiger partial charge >= 0.3 is 0 Å². The maximum atomic E-state index is 11.7. The Morgan fingerprint density at radius 1 is 1.32 bits per heavy atom. The van der Waals surface area contributed by atoms with Crippen LogP contribution in [0, 0.1) is 11.8 Å². The second kappa shape index (κ2) is 4.42. The van der Waals surface area contributed by atoms with Gasteiger partial charge in [0.15, 0.2) is 5.78 Å². The molecule has 2 aliphatic rings. The first kappa shape index (κ1) is 12.3. The Kier molecular flexibility index (Phi) is 2.86. The van der Waals surface area contributed by atoms with Gasteiger partial charge in [0.2, 0.25) is 0 Å². The summed E-state index contributed by atoms with van der Waals surface area (Å²) in [6, 6.07) is 8.02. The van der Waals surface area contributed by atoms with Crippen LogP contribution in [0.5, 0.6) is 0 Å². The summed E-state index contributed by atoms with van der Waals surface area (Å²) in [5.74, 6) is -0.185. The number of carbonyl (C=O) groups excluding carboxylic acids is 2. The van der Waals surface area contributed by atoms with Crippen molar-refractivity contribution in [3.05, 3.63) is 47.5 Å². The summed E-state index contributed by atoms with van der Waals surface area (Å²) in [7, 11) is 1.65. The molecular formula is C16H16O3. The fourth-order valence-corrected chi connectivity index (χ4v) is 3.48. The van der Waals surface area contributed by atoms with E-state index in [2.05, 4.69) is 0 Å². The van der Waals surface area contributed by atoms with E-state index in [4.69, 9.17) is 4.74 Å². The number of hydrogen-bond donors (Lipinski definition) is 0. The topological polar surface area (TPSA) is 43.4 Å². The lowest BCUT2D eigenvalue weighted by molar-refractivity contribution is -0.128. The molecule has 0 aromatic heterocycles. The molecule has 0 N–H and O–H groups in total. The predicted octanol–water partition coefficient (Wildman–Crippen LogP) is 2.04. The zero-order valence-electron chi connectivity index (χ0n) is 10.8. The number of ketones is 1. The number of rotatable bonds is 2. The second-order valence-corrected chi connectivity index (χ2v) is 5.27. The lowest BCUT2D eigenvalue weighted by Crippen LogP contribution is -2.47. The van der Waals surface area contributed by atoms with Crippen LogP contribution in [0.4, 0.5) is 0 Å². The average Bonchev–Trinajstić information content (AvgIpc) is 2.46. The minimum absolute atomic E-state index is 0.0731. The molecule has 2 aliphatic carbocycles. The van der Waals surface area contributed by atoms with Gasteiger partial charge in [-0.1, -0.05) is 24.3 Å². The van der Waals surface area contributed by atoms with E-state index < -0.39 is 5.60 Å². The van der Waals surface area contributed by atoms with Gasteiger partial charge in [0.1, 0.15) is 11.9 Å². The number of ether oxygens (including phenoxy) is 1. The summed E-state index contributed by atoms with van der Waals surface area (Å²) in [6.45, 7) is 0. The molecule has 0 fully saturated rings. The molecule has 1 aromatic carbocycles. The fraction of sp³-hybridized carbons (Fsp3) is 0.375. The maximum Gasteiger partial charge on any atom is 0.155 e. The van der Waals surface area contributed by atoms with Crippen LogP contribution >= 0.6 is 0 Å². The van der Waals surface area contributed by atoms with Gasteiger partial charge in [0.25, 0.3) is 0 Å². The van der Waals surface area contributed by atoms with Crippen LogP contribution in [0.1, 0.15) is 17.5 Å². The second-order valence-electron chi connectivity index (χ2n) is 5.27. The molecule has 0 spiro atoms. The zero-order valence-corrected chi connectivity index (χ0v) is 10.8. The lowest BCUT2D eigenvalue weighted by Gasteiger charge is -2.46. The van der Waals surface area contributed by atoms with E-state index in [1.54, 1.807) is 13.2 Å². The van der Waals surface area contributed by atoms with Crippen molar-refractivity contribution in [1.29, 1.82) is 0 Å². The molecule has 3 rings (SSSR count). The van der Waals surface area contributed by atoms with E-state index in [9.17, 15) is 9.59 Å². The van der Waals surface area contributed by atoms with E-state index in [1.165, 1.54) is 0 Å². The molecule has 1 aromatic rings. The normalized spacial score (nSPS) is 32.6. The van der Waals surface area contributed by atoms with Crippen molar-refractivity contribution in [1.82, 2.24) is 0 Å². The van der Waals surface area contributed by atoms with Crippen molar-refractivity contribution in [3.8, 4) is 0 Å². The van der Waals surface area contributed by atoms with Crippen LogP contribution in [0.2, 0.25) is 0 Å². The van der Waals surface area contributed by atoms with Crippen LogP contribution in [-0.4, -0.2) is 19.2 Å². The number of allylic oxidation sites excluding steroid dienone is 1. The third-order valence-corrected chi connectivity index (χ3v) is 4.41. The van der Waals surface area contributed by atoms with Gasteiger partial charge in [0, 0.05) is 25.4 Å². The van der Waals surface area contributed by atoms with Crippen LogP contribution in [0.25, 0.3) is 0 Å². The van der Waals surface area contributed by atoms with Crippen molar-refractivity contribution >= 4 is 12.1 Å². The third-order valence-electron chi connectivity index (χ3n) is 4.41. The molecule has 0 bridgehead atoms. The molecular weight excluding hydrogens is 240 g/mol. The molecule has 0 radical (unpaired) electrons. The highest BCUT2D eigenvalue weighted by Crippen LogP contribution is 2.48. The van der Waals surface area contributed by atoms with Crippen LogP contribution in [0.15, 0.2) is 36.4 Å². The van der Waals surface area contributed by atoms with E-state index in [1.807, 2.05) is 30.3 Å². The molecule has 3 nitrogen and oxygen atoms in total. The molecule has 19 heavy (non-hydrogen) atoms. The Labute approximate surface area is 112 Å². The van der Waals surface area contributed by atoms with Crippen molar-refractivity contribution in [2.24, 2.45) is 11.8 Å². The van der Waals surface area contributed by atoms with Gasteiger partial charge in [-0.25, -0.2) is 0 Å². The quantitative estimate of drug-likeness (QED) is 0.761. The summed E-state index contributed by atoms with van der Waals surface area (Å²) < 4.78 is 5.79. The smallest absolute Gasteiger partial charge is 0.155 e. The Balaban J connectivity index is 2.23. The van der Waals surface area contributed by atoms with Crippen molar-refractivity contribution in [3.63, 3.8) is 0 Å². The molecule has 0 saturated heterocycles. The van der Waals surface area contributed by atoms with Crippen molar-refractivity contribution in [2.45, 2.75) is 18.4 Å². The number of benzene rings is 1. The van der Waals surface area contributed by atoms with E-state index in [0.29, 0.717) is 12.8 Å². The molecule has 98 valence electrons. The van der Waals surface area contributed by atoms with Crippen molar-refractivity contribution in [2.75, 3.05) is 7.11 Å². The summed E-state index contributed by atoms with van der Waals surface area (Å²) in [5, 5.41) is 0. The molecule has 0 amide bonds. The monoisotopic (exact) mass is 256 g/mol. The number of hydrogen-bond acceptors (Lipinski definition) is 3. The zero-order chi connectivity index (χ0) is 13.5. The summed E-state index contributed by atoms with van der Waals surface area (Å²) in [6.07, 6.45) is 5.46. The highest BCUT2D eigenvalue weighted by atomic mass is 16.5. The summed E-state index contributed by atoms with van der Waals surface area (Å²) >= 11 is 0. The van der Waals surface area contributed by atoms with E-state index in [0.717, 1.165) is 17.4 Å². The van der Waals surface area contributed by atoms with Gasteiger partial charge in [-0.2, -0.15) is 0 Å². The summed E-state index contributed by atoms with van der Waals surface area (Å²) in [4.78, 5) is 23.1. The number of methoxy groups -OCH3 is 1. The fourth-order valence-electron chi connectivity index (χ4n) is 3.48. The van der Waals surface area contributed by atoms with E-state index in [-0.39, 0.29) is 17.6 Å². The van der Waals surface area contributed by atoms with Crippen molar-refractivity contribution < 1.29 is 14.3 Å². The number of aldehydes is 1. The Hall–Kier alpha value is -1.74. The third kappa shape index (κ3) is 1.69. The highest BCUT2D eigenvalue weighted by Gasteiger charge is 2.49. The Morgan fingerprint density at radius 3 is 2.84 bits per heavy atom. The maximum absolute atomic E-state index is 11.7.